The number of allylic oxidation sites excluding steroid dienone is 1. The van der Waals surface area contributed by atoms with Crippen molar-refractivity contribution < 1.29 is 9.53 Å². The topological polar surface area (TPSA) is 29.5 Å². The molecule has 98 valence electrons. The third-order valence-corrected chi connectivity index (χ3v) is 3.07. The van der Waals surface area contributed by atoms with Crippen molar-refractivity contribution in [2.24, 2.45) is 0 Å². The minimum absolute atomic E-state index is 0.161. The van der Waals surface area contributed by atoms with Crippen LogP contribution in [-0.2, 0) is 4.74 Å². The van der Waals surface area contributed by atoms with Gasteiger partial charge in [0, 0.05) is 19.5 Å². The second kappa shape index (κ2) is 8.15. The molecule has 1 amide bonds. The standard InChI is InChI=1S/C14H25NO2/c1-3-5-7-8-9-13-10-12-15(11-6-4-2)14(16)17-13/h10H,3-9,11-12H2,1-2H3. The minimum atomic E-state index is -0.161. The fourth-order valence-corrected chi connectivity index (χ4v) is 1.92. The first kappa shape index (κ1) is 14.1. The molecule has 1 aliphatic heterocycles. The van der Waals surface area contributed by atoms with E-state index in [1.807, 2.05) is 0 Å². The smallest absolute Gasteiger partial charge is 0.415 e. The monoisotopic (exact) mass is 239 g/mol. The third kappa shape index (κ3) is 5.24. The normalized spacial score (nSPS) is 15.8. The fraction of sp³-hybridized carbons (Fsp3) is 0.786. The van der Waals surface area contributed by atoms with E-state index in [-0.39, 0.29) is 6.09 Å². The zero-order valence-electron chi connectivity index (χ0n) is 11.2. The van der Waals surface area contributed by atoms with E-state index in [2.05, 4.69) is 19.9 Å². The first-order valence-electron chi connectivity index (χ1n) is 6.93. The molecule has 1 heterocycles. The summed E-state index contributed by atoms with van der Waals surface area (Å²) in [4.78, 5) is 13.4. The molecular formula is C14H25NO2. The molecule has 0 aromatic carbocycles. The van der Waals surface area contributed by atoms with Gasteiger partial charge >= 0.3 is 6.09 Å². The Morgan fingerprint density at radius 2 is 1.94 bits per heavy atom. The maximum Gasteiger partial charge on any atom is 0.415 e. The number of carbonyl (C=O) groups excluding carboxylic acids is 1. The van der Waals surface area contributed by atoms with E-state index in [1.165, 1.54) is 19.3 Å². The van der Waals surface area contributed by atoms with Gasteiger partial charge in [0.1, 0.15) is 5.76 Å². The second-order valence-corrected chi connectivity index (χ2v) is 4.65. The Balaban J connectivity index is 2.26. The molecular weight excluding hydrogens is 214 g/mol. The van der Waals surface area contributed by atoms with Crippen molar-refractivity contribution in [1.29, 1.82) is 0 Å². The molecule has 3 nitrogen and oxygen atoms in total. The zero-order valence-corrected chi connectivity index (χ0v) is 11.2. The van der Waals surface area contributed by atoms with Crippen molar-refractivity contribution in [3.05, 3.63) is 11.8 Å². The van der Waals surface area contributed by atoms with Crippen LogP contribution >= 0.6 is 0 Å². The van der Waals surface area contributed by atoms with Crippen LogP contribution in [-0.4, -0.2) is 24.1 Å². The molecule has 0 aromatic heterocycles. The summed E-state index contributed by atoms with van der Waals surface area (Å²) in [5, 5.41) is 0. The molecule has 0 radical (unpaired) electrons. The number of carbonyl (C=O) groups is 1. The number of cyclic esters (lactones) is 1. The Morgan fingerprint density at radius 3 is 2.59 bits per heavy atom. The fourth-order valence-electron chi connectivity index (χ4n) is 1.92. The van der Waals surface area contributed by atoms with Gasteiger partial charge in [-0.3, -0.25) is 0 Å². The molecule has 0 spiro atoms. The number of hydrogen-bond acceptors (Lipinski definition) is 2. The summed E-state index contributed by atoms with van der Waals surface area (Å²) < 4.78 is 5.32. The molecule has 0 atom stereocenters. The summed E-state index contributed by atoms with van der Waals surface area (Å²) in [5.41, 5.74) is 0. The van der Waals surface area contributed by atoms with E-state index in [4.69, 9.17) is 4.74 Å². The van der Waals surface area contributed by atoms with Gasteiger partial charge in [-0.25, -0.2) is 4.79 Å². The van der Waals surface area contributed by atoms with Gasteiger partial charge in [0.2, 0.25) is 0 Å². The van der Waals surface area contributed by atoms with Crippen molar-refractivity contribution in [2.45, 2.75) is 58.8 Å². The Kier molecular flexibility index (Phi) is 6.75. The van der Waals surface area contributed by atoms with Crippen LogP contribution in [0, 0.1) is 0 Å². The lowest BCUT2D eigenvalue weighted by molar-refractivity contribution is 0.119. The van der Waals surface area contributed by atoms with E-state index >= 15 is 0 Å². The van der Waals surface area contributed by atoms with Gasteiger partial charge in [-0.1, -0.05) is 39.5 Å². The predicted molar refractivity (Wildman–Crippen MR) is 69.8 cm³/mol. The number of amides is 1. The molecule has 17 heavy (non-hydrogen) atoms. The molecule has 0 N–H and O–H groups in total. The lowest BCUT2D eigenvalue weighted by Gasteiger charge is -2.25. The summed E-state index contributed by atoms with van der Waals surface area (Å²) in [6, 6.07) is 0. The van der Waals surface area contributed by atoms with Crippen LogP contribution in [0.5, 0.6) is 0 Å². The molecule has 0 saturated carbocycles. The van der Waals surface area contributed by atoms with E-state index < -0.39 is 0 Å². The number of unbranched alkanes of at least 4 members (excludes halogenated alkanes) is 4. The maximum absolute atomic E-state index is 11.7. The highest BCUT2D eigenvalue weighted by molar-refractivity contribution is 5.70. The molecule has 0 aromatic rings. The lowest BCUT2D eigenvalue weighted by atomic mass is 10.1. The Hall–Kier alpha value is -0.990. The van der Waals surface area contributed by atoms with Crippen molar-refractivity contribution in [3.8, 4) is 0 Å². The lowest BCUT2D eigenvalue weighted by Crippen LogP contribution is -2.35. The van der Waals surface area contributed by atoms with E-state index in [0.29, 0.717) is 0 Å². The molecule has 0 bridgehead atoms. The highest BCUT2D eigenvalue weighted by atomic mass is 16.6. The van der Waals surface area contributed by atoms with Gasteiger partial charge < -0.3 is 9.64 Å². The van der Waals surface area contributed by atoms with Crippen LogP contribution in [0.3, 0.4) is 0 Å². The van der Waals surface area contributed by atoms with E-state index in [0.717, 1.165) is 44.5 Å². The van der Waals surface area contributed by atoms with Crippen LogP contribution in [0.4, 0.5) is 4.79 Å². The summed E-state index contributed by atoms with van der Waals surface area (Å²) >= 11 is 0. The third-order valence-electron chi connectivity index (χ3n) is 3.07. The van der Waals surface area contributed by atoms with E-state index in [9.17, 15) is 4.79 Å². The van der Waals surface area contributed by atoms with Gasteiger partial charge in [0.05, 0.1) is 0 Å². The maximum atomic E-state index is 11.7. The van der Waals surface area contributed by atoms with Gasteiger partial charge in [0.15, 0.2) is 0 Å². The van der Waals surface area contributed by atoms with Gasteiger partial charge in [-0.2, -0.15) is 0 Å². The molecule has 0 unspecified atom stereocenters. The number of ether oxygens (including phenoxy) is 1. The van der Waals surface area contributed by atoms with Crippen LogP contribution in [0.25, 0.3) is 0 Å². The predicted octanol–water partition coefficient (Wildman–Crippen LogP) is 4.09. The van der Waals surface area contributed by atoms with Gasteiger partial charge in [0.25, 0.3) is 0 Å². The van der Waals surface area contributed by atoms with E-state index in [1.54, 1.807) is 4.90 Å². The molecule has 3 heteroatoms. The first-order chi connectivity index (χ1) is 8.27. The Labute approximate surface area is 105 Å². The summed E-state index contributed by atoms with van der Waals surface area (Å²) in [6.45, 7) is 5.87. The van der Waals surface area contributed by atoms with Crippen LogP contribution in [0.15, 0.2) is 11.8 Å². The molecule has 0 fully saturated rings. The van der Waals surface area contributed by atoms with Crippen molar-refractivity contribution in [3.63, 3.8) is 0 Å². The molecule has 0 aliphatic carbocycles. The number of rotatable bonds is 8. The largest absolute Gasteiger partial charge is 0.415 e. The average molecular weight is 239 g/mol. The molecule has 0 saturated heterocycles. The summed E-state index contributed by atoms with van der Waals surface area (Å²) in [7, 11) is 0. The quantitative estimate of drug-likeness (QED) is 0.597. The first-order valence-corrected chi connectivity index (χ1v) is 6.93. The Morgan fingerprint density at radius 1 is 1.18 bits per heavy atom. The van der Waals surface area contributed by atoms with Crippen LogP contribution in [0.1, 0.15) is 58.8 Å². The highest BCUT2D eigenvalue weighted by Gasteiger charge is 2.19. The number of hydrogen-bond donors (Lipinski definition) is 0. The number of nitrogens with zero attached hydrogens (tertiary/aromatic N) is 1. The second-order valence-electron chi connectivity index (χ2n) is 4.65. The minimum Gasteiger partial charge on any atom is -0.415 e. The molecule has 1 aliphatic rings. The van der Waals surface area contributed by atoms with Gasteiger partial charge in [-0.05, 0) is 18.9 Å². The summed E-state index contributed by atoms with van der Waals surface area (Å²) in [5.74, 6) is 0.874. The highest BCUT2D eigenvalue weighted by Crippen LogP contribution is 2.17. The molecule has 1 rings (SSSR count). The van der Waals surface area contributed by atoms with Gasteiger partial charge in [-0.15, -0.1) is 0 Å². The SMILES string of the molecule is CCCCCCC1=CCN(CCCC)C(=O)O1. The van der Waals surface area contributed by atoms with Crippen LogP contribution in [0.2, 0.25) is 0 Å². The average Bonchev–Trinajstić information content (AvgIpc) is 2.34. The van der Waals surface area contributed by atoms with Crippen molar-refractivity contribution in [2.75, 3.05) is 13.1 Å². The van der Waals surface area contributed by atoms with Crippen molar-refractivity contribution in [1.82, 2.24) is 4.90 Å². The summed E-state index contributed by atoms with van der Waals surface area (Å²) in [6.07, 6.45) is 9.83. The van der Waals surface area contributed by atoms with Crippen LogP contribution < -0.4 is 0 Å². The zero-order chi connectivity index (χ0) is 12.5. The van der Waals surface area contributed by atoms with Crippen molar-refractivity contribution >= 4 is 6.09 Å². The Bertz CT molecular complexity index is 261.